The molecule has 21 heavy (non-hydrogen) atoms. The molecule has 3 rings (SSSR count). The SMILES string of the molecule is Nc1ccc(N2CCN(S(=O)(=O)c3cnc[nH]3)CC2)cn1. The summed E-state index contributed by atoms with van der Waals surface area (Å²) in [6.45, 7) is 2.06. The van der Waals surface area contributed by atoms with Crippen LogP contribution in [0.25, 0.3) is 0 Å². The first-order valence-corrected chi connectivity index (χ1v) is 7.96. The summed E-state index contributed by atoms with van der Waals surface area (Å²) in [6, 6.07) is 3.63. The monoisotopic (exact) mass is 308 g/mol. The molecule has 9 heteroatoms. The molecule has 3 N–H and O–H groups in total. The van der Waals surface area contributed by atoms with Crippen LogP contribution in [-0.2, 0) is 10.0 Å². The van der Waals surface area contributed by atoms with Crippen molar-refractivity contribution in [1.29, 1.82) is 0 Å². The number of sulfonamides is 1. The van der Waals surface area contributed by atoms with Crippen LogP contribution in [0, 0.1) is 0 Å². The zero-order chi connectivity index (χ0) is 14.9. The van der Waals surface area contributed by atoms with Crippen molar-refractivity contribution in [2.75, 3.05) is 36.8 Å². The number of nitrogen functional groups attached to an aromatic ring is 1. The fourth-order valence-electron chi connectivity index (χ4n) is 2.29. The number of pyridine rings is 1. The average molecular weight is 308 g/mol. The summed E-state index contributed by atoms with van der Waals surface area (Å²) in [6.07, 6.45) is 4.39. The molecule has 0 bridgehead atoms. The van der Waals surface area contributed by atoms with Gasteiger partial charge < -0.3 is 15.6 Å². The Balaban J connectivity index is 1.69. The highest BCUT2D eigenvalue weighted by atomic mass is 32.2. The van der Waals surface area contributed by atoms with Crippen LogP contribution < -0.4 is 10.6 Å². The molecule has 0 radical (unpaired) electrons. The number of hydrogen-bond donors (Lipinski definition) is 2. The fourth-order valence-corrected chi connectivity index (χ4v) is 3.61. The van der Waals surface area contributed by atoms with Crippen LogP contribution in [0.5, 0.6) is 0 Å². The number of nitrogens with zero attached hydrogens (tertiary/aromatic N) is 4. The van der Waals surface area contributed by atoms with E-state index in [2.05, 4.69) is 19.9 Å². The fraction of sp³-hybridized carbons (Fsp3) is 0.333. The van der Waals surface area contributed by atoms with Gasteiger partial charge >= 0.3 is 0 Å². The smallest absolute Gasteiger partial charge is 0.260 e. The summed E-state index contributed by atoms with van der Waals surface area (Å²) in [7, 11) is -3.48. The van der Waals surface area contributed by atoms with Crippen LogP contribution in [0.2, 0.25) is 0 Å². The Morgan fingerprint density at radius 3 is 2.48 bits per heavy atom. The first-order valence-electron chi connectivity index (χ1n) is 6.52. The molecule has 0 amide bonds. The number of imidazole rings is 1. The molecule has 1 aliphatic rings. The molecule has 2 aromatic rings. The number of nitrogens with one attached hydrogen (secondary N) is 1. The highest BCUT2D eigenvalue weighted by molar-refractivity contribution is 7.89. The summed E-state index contributed by atoms with van der Waals surface area (Å²) in [5.41, 5.74) is 6.51. The molecule has 8 nitrogen and oxygen atoms in total. The van der Waals surface area contributed by atoms with E-state index < -0.39 is 10.0 Å². The Kier molecular flexibility index (Phi) is 3.52. The van der Waals surface area contributed by atoms with Crippen molar-refractivity contribution in [2.24, 2.45) is 0 Å². The summed E-state index contributed by atoms with van der Waals surface area (Å²) in [4.78, 5) is 12.6. The summed E-state index contributed by atoms with van der Waals surface area (Å²) >= 11 is 0. The minimum Gasteiger partial charge on any atom is -0.384 e. The average Bonchev–Trinajstić information content (AvgIpc) is 3.03. The number of nitrogens with two attached hydrogens (primary N) is 1. The second-order valence-electron chi connectivity index (χ2n) is 4.75. The number of aromatic nitrogens is 3. The van der Waals surface area contributed by atoms with E-state index in [1.54, 1.807) is 12.3 Å². The minimum atomic E-state index is -3.48. The lowest BCUT2D eigenvalue weighted by molar-refractivity contribution is 0.383. The van der Waals surface area contributed by atoms with Crippen molar-refractivity contribution in [1.82, 2.24) is 19.3 Å². The van der Waals surface area contributed by atoms with E-state index >= 15 is 0 Å². The van der Waals surface area contributed by atoms with Gasteiger partial charge in [0.2, 0.25) is 0 Å². The second kappa shape index (κ2) is 5.34. The van der Waals surface area contributed by atoms with Gasteiger partial charge in [0.1, 0.15) is 5.82 Å². The van der Waals surface area contributed by atoms with Crippen LogP contribution in [0.3, 0.4) is 0 Å². The Morgan fingerprint density at radius 2 is 1.90 bits per heavy atom. The normalized spacial score (nSPS) is 17.0. The summed E-state index contributed by atoms with van der Waals surface area (Å²) in [5.74, 6) is 0.471. The molecule has 112 valence electrons. The molecular formula is C12H16N6O2S. The molecule has 0 aliphatic carbocycles. The van der Waals surface area contributed by atoms with Gasteiger partial charge in [0.05, 0.1) is 24.4 Å². The van der Waals surface area contributed by atoms with Gasteiger partial charge in [-0.15, -0.1) is 0 Å². The maximum absolute atomic E-state index is 12.3. The van der Waals surface area contributed by atoms with Crippen LogP contribution in [-0.4, -0.2) is 53.9 Å². The van der Waals surface area contributed by atoms with Gasteiger partial charge in [-0.2, -0.15) is 4.31 Å². The van der Waals surface area contributed by atoms with Crippen molar-refractivity contribution < 1.29 is 8.42 Å². The third kappa shape index (κ3) is 2.69. The Bertz CT molecular complexity index is 690. The van der Waals surface area contributed by atoms with E-state index in [0.717, 1.165) is 5.69 Å². The maximum Gasteiger partial charge on any atom is 0.260 e. The van der Waals surface area contributed by atoms with E-state index in [4.69, 9.17) is 5.73 Å². The lowest BCUT2D eigenvalue weighted by Crippen LogP contribution is -2.48. The van der Waals surface area contributed by atoms with E-state index in [-0.39, 0.29) is 5.03 Å². The molecule has 0 spiro atoms. The van der Waals surface area contributed by atoms with E-state index in [1.807, 2.05) is 6.07 Å². The van der Waals surface area contributed by atoms with Gasteiger partial charge in [-0.05, 0) is 12.1 Å². The molecule has 2 aromatic heterocycles. The lowest BCUT2D eigenvalue weighted by atomic mass is 10.3. The van der Waals surface area contributed by atoms with E-state index in [9.17, 15) is 8.42 Å². The van der Waals surface area contributed by atoms with Crippen molar-refractivity contribution in [2.45, 2.75) is 5.03 Å². The second-order valence-corrected chi connectivity index (χ2v) is 6.65. The number of H-pyrrole nitrogens is 1. The summed E-state index contributed by atoms with van der Waals surface area (Å²) in [5, 5.41) is 0.130. The van der Waals surface area contributed by atoms with Crippen molar-refractivity contribution in [3.05, 3.63) is 30.9 Å². The summed E-state index contributed by atoms with van der Waals surface area (Å²) < 4.78 is 26.1. The van der Waals surface area contributed by atoms with E-state index in [0.29, 0.717) is 32.0 Å². The third-order valence-electron chi connectivity index (χ3n) is 3.47. The largest absolute Gasteiger partial charge is 0.384 e. The van der Waals surface area contributed by atoms with Crippen molar-refractivity contribution in [3.8, 4) is 0 Å². The number of anilines is 2. The number of piperazine rings is 1. The lowest BCUT2D eigenvalue weighted by Gasteiger charge is -2.34. The molecular weight excluding hydrogens is 292 g/mol. The van der Waals surface area contributed by atoms with Gasteiger partial charge in [-0.1, -0.05) is 0 Å². The maximum atomic E-state index is 12.3. The van der Waals surface area contributed by atoms with Gasteiger partial charge in [0, 0.05) is 26.2 Å². The minimum absolute atomic E-state index is 0.130. The zero-order valence-electron chi connectivity index (χ0n) is 11.3. The molecule has 1 fully saturated rings. The van der Waals surface area contributed by atoms with Crippen LogP contribution >= 0.6 is 0 Å². The number of aromatic amines is 1. The van der Waals surface area contributed by atoms with Gasteiger partial charge in [-0.25, -0.2) is 18.4 Å². The Hall–Kier alpha value is -2.13. The molecule has 0 aromatic carbocycles. The molecule has 0 atom stereocenters. The van der Waals surface area contributed by atoms with Crippen molar-refractivity contribution in [3.63, 3.8) is 0 Å². The Morgan fingerprint density at radius 1 is 1.14 bits per heavy atom. The standard InChI is InChI=1S/C12H16N6O2S/c13-11-2-1-10(7-15-11)17-3-5-18(6-4-17)21(19,20)12-8-14-9-16-12/h1-2,7-9H,3-6H2,(H2,13,15)(H,14,16). The quantitative estimate of drug-likeness (QED) is 0.819. The zero-order valence-corrected chi connectivity index (χ0v) is 12.1. The van der Waals surface area contributed by atoms with Crippen molar-refractivity contribution >= 4 is 21.5 Å². The first kappa shape index (κ1) is 13.8. The molecule has 1 saturated heterocycles. The molecule has 3 heterocycles. The number of hydrogen-bond acceptors (Lipinski definition) is 6. The number of rotatable bonds is 3. The molecule has 0 saturated carbocycles. The van der Waals surface area contributed by atoms with Crippen LogP contribution in [0.1, 0.15) is 0 Å². The third-order valence-corrected chi connectivity index (χ3v) is 5.29. The predicted octanol–water partition coefficient (Wildman–Crippen LogP) is -0.102. The predicted molar refractivity (Wildman–Crippen MR) is 78.2 cm³/mol. The molecule has 0 unspecified atom stereocenters. The Labute approximate surface area is 122 Å². The van der Waals surface area contributed by atoms with Crippen LogP contribution in [0.4, 0.5) is 11.5 Å². The topological polar surface area (TPSA) is 108 Å². The highest BCUT2D eigenvalue weighted by Gasteiger charge is 2.29. The van der Waals surface area contributed by atoms with Gasteiger partial charge in [-0.3, -0.25) is 0 Å². The molecule has 1 aliphatic heterocycles. The first-order chi connectivity index (χ1) is 10.1. The van der Waals surface area contributed by atoms with Gasteiger partial charge in [0.15, 0.2) is 5.03 Å². The van der Waals surface area contributed by atoms with Crippen LogP contribution in [0.15, 0.2) is 35.9 Å². The van der Waals surface area contributed by atoms with E-state index in [1.165, 1.54) is 16.8 Å². The highest BCUT2D eigenvalue weighted by Crippen LogP contribution is 2.19. The van der Waals surface area contributed by atoms with Gasteiger partial charge in [0.25, 0.3) is 10.0 Å².